The van der Waals surface area contributed by atoms with Gasteiger partial charge in [-0.2, -0.15) is 0 Å². The van der Waals surface area contributed by atoms with Crippen molar-refractivity contribution in [3.63, 3.8) is 0 Å². The summed E-state index contributed by atoms with van der Waals surface area (Å²) in [6, 6.07) is 5.53. The molecule has 0 bridgehead atoms. The van der Waals surface area contributed by atoms with E-state index in [2.05, 4.69) is 35.1 Å². The summed E-state index contributed by atoms with van der Waals surface area (Å²) in [5.74, 6) is 0.394. The highest BCUT2D eigenvalue weighted by Gasteiger charge is 2.12. The molecule has 3 heteroatoms. The molecule has 1 aromatic carbocycles. The molecular weight excluding hydrogens is 257 g/mol. The summed E-state index contributed by atoms with van der Waals surface area (Å²) < 4.78 is 13.9. The molecule has 0 aliphatic carbocycles. The Morgan fingerprint density at radius 3 is 2.53 bits per heavy atom. The molecule has 1 rings (SSSR count). The fourth-order valence-electron chi connectivity index (χ4n) is 1.62. The van der Waals surface area contributed by atoms with Crippen molar-refractivity contribution in [1.29, 1.82) is 0 Å². The number of halogens is 2. The molecule has 15 heavy (non-hydrogen) atoms. The second-order valence-electron chi connectivity index (χ2n) is 4.14. The zero-order valence-electron chi connectivity index (χ0n) is 9.35. The molecule has 0 amide bonds. The molecule has 0 heterocycles. The molecule has 0 fully saturated rings. The highest BCUT2D eigenvalue weighted by atomic mass is 79.9. The zero-order valence-corrected chi connectivity index (χ0v) is 10.9. The first-order chi connectivity index (χ1) is 7.04. The van der Waals surface area contributed by atoms with Gasteiger partial charge in [0, 0.05) is 6.04 Å². The van der Waals surface area contributed by atoms with Crippen molar-refractivity contribution in [2.24, 2.45) is 5.92 Å². The smallest absolute Gasteiger partial charge is 0.137 e. The number of rotatable bonds is 4. The summed E-state index contributed by atoms with van der Waals surface area (Å²) in [4.78, 5) is 0. The molecule has 1 atom stereocenters. The Kier molecular flexibility index (Phi) is 4.74. The largest absolute Gasteiger partial charge is 0.313 e. The normalized spacial score (nSPS) is 13.2. The average molecular weight is 274 g/mol. The summed E-state index contributed by atoms with van der Waals surface area (Å²) in [6.07, 6.45) is 1.01. The Morgan fingerprint density at radius 1 is 1.40 bits per heavy atom. The zero-order chi connectivity index (χ0) is 11.4. The summed E-state index contributed by atoms with van der Waals surface area (Å²) in [7, 11) is 1.91. The van der Waals surface area contributed by atoms with Crippen molar-refractivity contribution in [3.05, 3.63) is 34.1 Å². The van der Waals surface area contributed by atoms with Gasteiger partial charge in [-0.15, -0.1) is 0 Å². The van der Waals surface area contributed by atoms with Crippen molar-refractivity contribution in [2.75, 3.05) is 7.05 Å². The van der Waals surface area contributed by atoms with E-state index in [1.807, 2.05) is 13.1 Å². The van der Waals surface area contributed by atoms with Crippen LogP contribution >= 0.6 is 15.9 Å². The van der Waals surface area contributed by atoms with E-state index in [0.29, 0.717) is 10.4 Å². The van der Waals surface area contributed by atoms with Gasteiger partial charge in [0.15, 0.2) is 0 Å². The van der Waals surface area contributed by atoms with Crippen LogP contribution < -0.4 is 5.32 Å². The summed E-state index contributed by atoms with van der Waals surface area (Å²) in [6.45, 7) is 4.33. The molecule has 84 valence electrons. The molecule has 1 N–H and O–H groups in total. The van der Waals surface area contributed by atoms with Gasteiger partial charge in [0.1, 0.15) is 5.82 Å². The third-order valence-electron chi connectivity index (χ3n) is 2.40. The van der Waals surface area contributed by atoms with Crippen LogP contribution in [0.4, 0.5) is 4.39 Å². The maximum Gasteiger partial charge on any atom is 0.137 e. The maximum absolute atomic E-state index is 13.3. The van der Waals surface area contributed by atoms with Gasteiger partial charge < -0.3 is 5.32 Å². The van der Waals surface area contributed by atoms with E-state index in [4.69, 9.17) is 0 Å². The van der Waals surface area contributed by atoms with Crippen LogP contribution in [0, 0.1) is 11.7 Å². The lowest BCUT2D eigenvalue weighted by atomic mass is 9.97. The van der Waals surface area contributed by atoms with Crippen LogP contribution in [-0.2, 0) is 0 Å². The Balaban J connectivity index is 2.87. The van der Waals surface area contributed by atoms with Gasteiger partial charge in [0.25, 0.3) is 0 Å². The Bertz CT molecular complexity index is 325. The van der Waals surface area contributed by atoms with Crippen molar-refractivity contribution in [3.8, 4) is 0 Å². The predicted octanol–water partition coefficient (Wildman–Crippen LogP) is 3.89. The average Bonchev–Trinajstić information content (AvgIpc) is 2.18. The molecule has 0 spiro atoms. The van der Waals surface area contributed by atoms with Crippen LogP contribution in [0.15, 0.2) is 22.7 Å². The van der Waals surface area contributed by atoms with Crippen molar-refractivity contribution < 1.29 is 4.39 Å². The molecular formula is C12H17BrFN. The number of hydrogen-bond acceptors (Lipinski definition) is 1. The highest BCUT2D eigenvalue weighted by molar-refractivity contribution is 9.10. The fourth-order valence-corrected chi connectivity index (χ4v) is 1.87. The quantitative estimate of drug-likeness (QED) is 0.878. The monoisotopic (exact) mass is 273 g/mol. The Morgan fingerprint density at radius 2 is 2.07 bits per heavy atom. The number of nitrogens with one attached hydrogen (secondary N) is 1. The molecule has 1 nitrogen and oxygen atoms in total. The fraction of sp³-hybridized carbons (Fsp3) is 0.500. The lowest BCUT2D eigenvalue weighted by Crippen LogP contribution is -2.18. The molecule has 1 unspecified atom stereocenters. The van der Waals surface area contributed by atoms with Crippen LogP contribution in [0.1, 0.15) is 31.9 Å². The van der Waals surface area contributed by atoms with E-state index >= 15 is 0 Å². The molecule has 0 saturated carbocycles. The standard InChI is InChI=1S/C12H17BrFN/c1-8(2)6-12(15-3)9-4-5-10(13)11(14)7-9/h4-5,7-8,12,15H,6H2,1-3H3. The maximum atomic E-state index is 13.3. The van der Waals surface area contributed by atoms with Crippen LogP contribution in [-0.4, -0.2) is 7.05 Å². The minimum atomic E-state index is -0.198. The third kappa shape index (κ3) is 3.58. The lowest BCUT2D eigenvalue weighted by Gasteiger charge is -2.19. The third-order valence-corrected chi connectivity index (χ3v) is 3.04. The van der Waals surface area contributed by atoms with Gasteiger partial charge in [-0.05, 0) is 53.0 Å². The Hall–Kier alpha value is -0.410. The van der Waals surface area contributed by atoms with E-state index in [1.54, 1.807) is 12.1 Å². The summed E-state index contributed by atoms with van der Waals surface area (Å²) >= 11 is 3.16. The molecule has 1 aromatic rings. The molecule has 0 radical (unpaired) electrons. The minimum Gasteiger partial charge on any atom is -0.313 e. The predicted molar refractivity (Wildman–Crippen MR) is 65.4 cm³/mol. The molecule has 0 saturated heterocycles. The van der Waals surface area contributed by atoms with Gasteiger partial charge >= 0.3 is 0 Å². The van der Waals surface area contributed by atoms with Gasteiger partial charge in [0.05, 0.1) is 4.47 Å². The van der Waals surface area contributed by atoms with E-state index in [-0.39, 0.29) is 11.9 Å². The summed E-state index contributed by atoms with van der Waals surface area (Å²) in [5, 5.41) is 3.21. The minimum absolute atomic E-state index is 0.198. The van der Waals surface area contributed by atoms with E-state index in [0.717, 1.165) is 12.0 Å². The van der Waals surface area contributed by atoms with Crippen molar-refractivity contribution in [2.45, 2.75) is 26.3 Å². The topological polar surface area (TPSA) is 12.0 Å². The first kappa shape index (κ1) is 12.7. The van der Waals surface area contributed by atoms with Crippen molar-refractivity contribution in [1.82, 2.24) is 5.32 Å². The van der Waals surface area contributed by atoms with E-state index < -0.39 is 0 Å². The lowest BCUT2D eigenvalue weighted by molar-refractivity contribution is 0.454. The Labute approximate surface area is 99.2 Å². The second-order valence-corrected chi connectivity index (χ2v) is 5.00. The van der Waals surface area contributed by atoms with Crippen LogP contribution in [0.2, 0.25) is 0 Å². The highest BCUT2D eigenvalue weighted by Crippen LogP contribution is 2.24. The van der Waals surface area contributed by atoms with Gasteiger partial charge in [-0.3, -0.25) is 0 Å². The number of hydrogen-bond donors (Lipinski definition) is 1. The van der Waals surface area contributed by atoms with Crippen molar-refractivity contribution >= 4 is 15.9 Å². The van der Waals surface area contributed by atoms with Gasteiger partial charge in [-0.1, -0.05) is 19.9 Å². The van der Waals surface area contributed by atoms with Gasteiger partial charge in [-0.25, -0.2) is 4.39 Å². The van der Waals surface area contributed by atoms with E-state index in [9.17, 15) is 4.39 Å². The van der Waals surface area contributed by atoms with E-state index in [1.165, 1.54) is 0 Å². The molecule has 0 aromatic heterocycles. The first-order valence-electron chi connectivity index (χ1n) is 5.16. The SMILES string of the molecule is CNC(CC(C)C)c1ccc(Br)c(F)c1. The van der Waals surface area contributed by atoms with Gasteiger partial charge in [0.2, 0.25) is 0 Å². The molecule has 0 aliphatic rings. The van der Waals surface area contributed by atoms with Crippen LogP contribution in [0.5, 0.6) is 0 Å². The van der Waals surface area contributed by atoms with Crippen LogP contribution in [0.25, 0.3) is 0 Å². The second kappa shape index (κ2) is 5.61. The first-order valence-corrected chi connectivity index (χ1v) is 5.96. The molecule has 0 aliphatic heterocycles. The van der Waals surface area contributed by atoms with Crippen LogP contribution in [0.3, 0.4) is 0 Å². The summed E-state index contributed by atoms with van der Waals surface area (Å²) in [5.41, 5.74) is 1.01. The number of benzene rings is 1.